The molecule has 0 fully saturated rings. The van der Waals surface area contributed by atoms with Gasteiger partial charge in [-0.3, -0.25) is 0 Å². The summed E-state index contributed by atoms with van der Waals surface area (Å²) >= 11 is 0. The molecule has 6 heteroatoms. The van der Waals surface area contributed by atoms with Gasteiger partial charge in [0, 0.05) is 7.11 Å². The third-order valence-electron chi connectivity index (χ3n) is 2.55. The van der Waals surface area contributed by atoms with Gasteiger partial charge in [0.25, 0.3) is 0 Å². The Hall–Kier alpha value is -1.11. The average Bonchev–Trinajstić information content (AvgIpc) is 2.32. The number of aryl methyl sites for hydroxylation is 1. The lowest BCUT2D eigenvalue weighted by Gasteiger charge is -2.09. The zero-order valence-corrected chi connectivity index (χ0v) is 11.5. The topological polar surface area (TPSA) is 78.6 Å². The molecule has 0 amide bonds. The van der Waals surface area contributed by atoms with Crippen molar-refractivity contribution >= 4 is 15.5 Å². The third-order valence-corrected chi connectivity index (χ3v) is 4.28. The highest BCUT2D eigenvalue weighted by molar-refractivity contribution is 7.91. The summed E-state index contributed by atoms with van der Waals surface area (Å²) in [5, 5.41) is 0. The van der Waals surface area contributed by atoms with Crippen molar-refractivity contribution in [3.05, 3.63) is 23.8 Å². The lowest BCUT2D eigenvalue weighted by Crippen LogP contribution is -2.16. The van der Waals surface area contributed by atoms with E-state index in [2.05, 4.69) is 0 Å². The molecule has 18 heavy (non-hydrogen) atoms. The van der Waals surface area contributed by atoms with Crippen molar-refractivity contribution in [2.24, 2.45) is 0 Å². The number of rotatable bonds is 7. The van der Waals surface area contributed by atoms with Crippen LogP contribution in [0.1, 0.15) is 5.56 Å². The zero-order valence-electron chi connectivity index (χ0n) is 10.7. The van der Waals surface area contributed by atoms with Crippen LogP contribution in [0.3, 0.4) is 0 Å². The molecule has 1 aromatic carbocycles. The van der Waals surface area contributed by atoms with Crippen LogP contribution in [0.25, 0.3) is 0 Å². The van der Waals surface area contributed by atoms with Crippen LogP contribution in [0, 0.1) is 6.92 Å². The van der Waals surface area contributed by atoms with Gasteiger partial charge in [-0.05, 0) is 18.6 Å². The first-order valence-corrected chi connectivity index (χ1v) is 7.29. The van der Waals surface area contributed by atoms with Crippen LogP contribution in [0.4, 0.5) is 5.69 Å². The number of hydrogen-bond acceptors (Lipinski definition) is 5. The molecule has 0 aliphatic heterocycles. The molecule has 0 unspecified atom stereocenters. The highest BCUT2D eigenvalue weighted by Crippen LogP contribution is 2.22. The highest BCUT2D eigenvalue weighted by atomic mass is 32.2. The summed E-state index contributed by atoms with van der Waals surface area (Å²) in [7, 11) is -1.83. The van der Waals surface area contributed by atoms with E-state index in [1.54, 1.807) is 26.2 Å². The third kappa shape index (κ3) is 3.97. The van der Waals surface area contributed by atoms with Crippen LogP contribution < -0.4 is 5.73 Å². The Labute approximate surface area is 108 Å². The van der Waals surface area contributed by atoms with Gasteiger partial charge in [-0.15, -0.1) is 0 Å². The van der Waals surface area contributed by atoms with Crippen LogP contribution in [-0.2, 0) is 19.3 Å². The van der Waals surface area contributed by atoms with E-state index in [1.807, 2.05) is 0 Å². The lowest BCUT2D eigenvalue weighted by atomic mass is 10.2. The number of anilines is 1. The largest absolute Gasteiger partial charge is 0.397 e. The van der Waals surface area contributed by atoms with Gasteiger partial charge < -0.3 is 15.2 Å². The van der Waals surface area contributed by atoms with Gasteiger partial charge in [0.15, 0.2) is 9.84 Å². The van der Waals surface area contributed by atoms with E-state index >= 15 is 0 Å². The first-order valence-electron chi connectivity index (χ1n) is 5.63. The minimum atomic E-state index is -3.39. The summed E-state index contributed by atoms with van der Waals surface area (Å²) in [5.74, 6) is -0.0790. The van der Waals surface area contributed by atoms with Crippen molar-refractivity contribution in [1.29, 1.82) is 0 Å². The zero-order chi connectivity index (χ0) is 13.6. The van der Waals surface area contributed by atoms with Crippen molar-refractivity contribution in [3.8, 4) is 0 Å². The van der Waals surface area contributed by atoms with E-state index < -0.39 is 9.84 Å². The van der Waals surface area contributed by atoms with Crippen molar-refractivity contribution in [2.45, 2.75) is 11.8 Å². The number of hydrogen-bond donors (Lipinski definition) is 1. The first kappa shape index (κ1) is 14.9. The summed E-state index contributed by atoms with van der Waals surface area (Å²) in [6.07, 6.45) is 0. The van der Waals surface area contributed by atoms with Crippen LogP contribution in [0.2, 0.25) is 0 Å². The molecule has 0 aliphatic rings. The summed E-state index contributed by atoms with van der Waals surface area (Å²) in [6.45, 7) is 2.75. The van der Waals surface area contributed by atoms with Gasteiger partial charge in [-0.25, -0.2) is 8.42 Å². The second-order valence-corrected chi connectivity index (χ2v) is 5.99. The molecule has 0 atom stereocenters. The maximum absolute atomic E-state index is 12.0. The van der Waals surface area contributed by atoms with Crippen LogP contribution in [0.5, 0.6) is 0 Å². The van der Waals surface area contributed by atoms with E-state index in [0.717, 1.165) is 5.56 Å². The summed E-state index contributed by atoms with van der Waals surface area (Å²) in [6, 6.07) is 4.99. The number of nitrogens with two attached hydrogens (primary N) is 1. The summed E-state index contributed by atoms with van der Waals surface area (Å²) in [4.78, 5) is 0.179. The Morgan fingerprint density at radius 2 is 1.94 bits per heavy atom. The maximum atomic E-state index is 12.0. The molecule has 0 saturated heterocycles. The standard InChI is InChI=1S/C12H19NO4S/c1-10-4-3-5-11(12(10)13)18(14,15)9-8-17-7-6-16-2/h3-5H,6-9,13H2,1-2H3. The molecule has 2 N–H and O–H groups in total. The van der Waals surface area contributed by atoms with Gasteiger partial charge in [-0.1, -0.05) is 12.1 Å². The monoisotopic (exact) mass is 273 g/mol. The predicted molar refractivity (Wildman–Crippen MR) is 70.3 cm³/mol. The Kier molecular flexibility index (Phi) is 5.58. The fourth-order valence-electron chi connectivity index (χ4n) is 1.45. The fraction of sp³-hybridized carbons (Fsp3) is 0.500. The number of para-hydroxylation sites is 1. The second kappa shape index (κ2) is 6.72. The van der Waals surface area contributed by atoms with E-state index in [9.17, 15) is 8.42 Å². The Morgan fingerprint density at radius 3 is 2.61 bits per heavy atom. The van der Waals surface area contributed by atoms with Gasteiger partial charge >= 0.3 is 0 Å². The molecule has 0 bridgehead atoms. The molecule has 0 aliphatic carbocycles. The highest BCUT2D eigenvalue weighted by Gasteiger charge is 2.18. The minimum Gasteiger partial charge on any atom is -0.397 e. The van der Waals surface area contributed by atoms with E-state index in [0.29, 0.717) is 18.9 Å². The Morgan fingerprint density at radius 1 is 1.22 bits per heavy atom. The normalized spacial score (nSPS) is 11.7. The number of methoxy groups -OCH3 is 1. The maximum Gasteiger partial charge on any atom is 0.182 e. The smallest absolute Gasteiger partial charge is 0.182 e. The molecule has 0 saturated carbocycles. The van der Waals surface area contributed by atoms with Crippen LogP contribution >= 0.6 is 0 Å². The second-order valence-electron chi connectivity index (χ2n) is 3.91. The molecule has 5 nitrogen and oxygen atoms in total. The number of sulfone groups is 1. The summed E-state index contributed by atoms with van der Waals surface area (Å²) in [5.41, 5.74) is 6.86. The number of benzene rings is 1. The molecule has 0 spiro atoms. The number of nitrogen functional groups attached to an aromatic ring is 1. The van der Waals surface area contributed by atoms with Crippen molar-refractivity contribution in [1.82, 2.24) is 0 Å². The van der Waals surface area contributed by atoms with Crippen molar-refractivity contribution in [2.75, 3.05) is 38.4 Å². The van der Waals surface area contributed by atoms with Gasteiger partial charge in [-0.2, -0.15) is 0 Å². The molecular formula is C12H19NO4S. The van der Waals surface area contributed by atoms with Crippen molar-refractivity contribution in [3.63, 3.8) is 0 Å². The Balaban J connectivity index is 2.66. The SMILES string of the molecule is COCCOCCS(=O)(=O)c1cccc(C)c1N. The summed E-state index contributed by atoms with van der Waals surface area (Å²) < 4.78 is 34.0. The molecule has 1 rings (SSSR count). The molecular weight excluding hydrogens is 254 g/mol. The van der Waals surface area contributed by atoms with Gasteiger partial charge in [0.2, 0.25) is 0 Å². The van der Waals surface area contributed by atoms with Gasteiger partial charge in [0.05, 0.1) is 36.2 Å². The Bertz CT molecular complexity index is 485. The van der Waals surface area contributed by atoms with Crippen molar-refractivity contribution < 1.29 is 17.9 Å². The molecule has 0 aromatic heterocycles. The predicted octanol–water partition coefficient (Wildman–Crippen LogP) is 1.01. The number of ether oxygens (including phenoxy) is 2. The first-order chi connectivity index (χ1) is 8.49. The quantitative estimate of drug-likeness (QED) is 0.592. The molecule has 102 valence electrons. The van der Waals surface area contributed by atoms with Crippen LogP contribution in [0.15, 0.2) is 23.1 Å². The molecule has 0 heterocycles. The minimum absolute atomic E-state index is 0.0790. The van der Waals surface area contributed by atoms with E-state index in [-0.39, 0.29) is 17.3 Å². The van der Waals surface area contributed by atoms with E-state index in [1.165, 1.54) is 6.07 Å². The van der Waals surface area contributed by atoms with Crippen LogP contribution in [-0.4, -0.2) is 41.1 Å². The lowest BCUT2D eigenvalue weighted by molar-refractivity contribution is 0.0785. The molecule has 1 aromatic rings. The fourth-order valence-corrected chi connectivity index (χ4v) is 2.79. The van der Waals surface area contributed by atoms with E-state index in [4.69, 9.17) is 15.2 Å². The van der Waals surface area contributed by atoms with Gasteiger partial charge in [0.1, 0.15) is 0 Å². The molecule has 0 radical (unpaired) electrons. The average molecular weight is 273 g/mol.